The van der Waals surface area contributed by atoms with E-state index >= 15 is 0 Å². The van der Waals surface area contributed by atoms with Gasteiger partial charge in [-0.1, -0.05) is 17.7 Å². The van der Waals surface area contributed by atoms with Crippen LogP contribution >= 0.6 is 34.7 Å². The van der Waals surface area contributed by atoms with Crippen molar-refractivity contribution in [1.29, 1.82) is 0 Å². The lowest BCUT2D eigenvalue weighted by atomic mass is 9.98. The molecule has 2 aliphatic rings. The van der Waals surface area contributed by atoms with Crippen molar-refractivity contribution in [2.75, 3.05) is 18.3 Å². The molecule has 4 rings (SSSR count). The molecule has 1 aromatic carbocycles. The summed E-state index contributed by atoms with van der Waals surface area (Å²) >= 11 is 8.26. The van der Waals surface area contributed by atoms with E-state index in [1.807, 2.05) is 0 Å². The predicted octanol–water partition coefficient (Wildman–Crippen LogP) is 3.14. The minimum Gasteiger partial charge on any atom is -0.505 e. The number of aromatic hydroxyl groups is 1. The summed E-state index contributed by atoms with van der Waals surface area (Å²) in [6.07, 6.45) is 0.0638. The number of hydrogen-bond acceptors (Lipinski definition) is 11. The number of phenolic OH excluding ortho intramolecular Hbond substituents is 1. The molecule has 0 aliphatic carbocycles. The van der Waals surface area contributed by atoms with Gasteiger partial charge in [-0.05, 0) is 50.5 Å². The number of amides is 2. The number of thiazole rings is 1. The van der Waals surface area contributed by atoms with E-state index in [2.05, 4.69) is 10.3 Å². The molecule has 218 valence electrons. The molecule has 0 saturated carbocycles. The monoisotopic (exact) mass is 624 g/mol. The van der Waals surface area contributed by atoms with Gasteiger partial charge in [0.05, 0.1) is 16.7 Å². The van der Waals surface area contributed by atoms with Gasteiger partial charge in [-0.2, -0.15) is 0 Å². The molecule has 2 atom stereocenters. The molecular weight excluding hydrogens is 599 g/mol. The Morgan fingerprint density at radius 2 is 2.05 bits per heavy atom. The average molecular weight is 625 g/mol. The number of aromatic nitrogens is 1. The van der Waals surface area contributed by atoms with Crippen molar-refractivity contribution in [1.82, 2.24) is 15.2 Å². The Bertz CT molecular complexity index is 1470. The summed E-state index contributed by atoms with van der Waals surface area (Å²) in [6.45, 7) is 4.23. The van der Waals surface area contributed by atoms with Gasteiger partial charge in [0.25, 0.3) is 11.8 Å². The van der Waals surface area contributed by atoms with Gasteiger partial charge in [-0.25, -0.2) is 14.2 Å². The number of rotatable bonds is 8. The van der Waals surface area contributed by atoms with Crippen molar-refractivity contribution in [2.45, 2.75) is 38.6 Å². The third-order valence-corrected chi connectivity index (χ3v) is 8.33. The number of thioether (sulfide) groups is 1. The molecule has 2 aliphatic heterocycles. The number of esters is 2. The van der Waals surface area contributed by atoms with Crippen molar-refractivity contribution < 1.29 is 38.1 Å². The molecule has 3 heterocycles. The first-order valence-corrected chi connectivity index (χ1v) is 14.5. The minimum atomic E-state index is -0.996. The number of nitrogens with two attached hydrogens (primary N) is 1. The lowest BCUT2D eigenvalue weighted by Crippen LogP contribution is -2.70. The van der Waals surface area contributed by atoms with Gasteiger partial charge in [0.15, 0.2) is 16.7 Å². The molecule has 2 amide bonds. The Morgan fingerprint density at radius 3 is 2.66 bits per heavy atom. The summed E-state index contributed by atoms with van der Waals surface area (Å²) in [7, 11) is 0. The lowest BCUT2D eigenvalue weighted by Gasteiger charge is -2.49. The zero-order valence-corrected chi connectivity index (χ0v) is 24.5. The maximum Gasteiger partial charge on any atom is 0.357 e. The Kier molecular flexibility index (Phi) is 8.94. The first-order chi connectivity index (χ1) is 19.3. The number of fused-ring (bicyclic) bond motifs is 1. The predicted molar refractivity (Wildman–Crippen MR) is 151 cm³/mol. The molecule has 41 heavy (non-hydrogen) atoms. The van der Waals surface area contributed by atoms with Crippen LogP contribution < -0.4 is 11.1 Å². The molecule has 1 fully saturated rings. The SMILES string of the molecule is CC(C)(C)C(=O)OCOC(=O)C1=C(Cc2ccc(O)c(F)c2)CS[C@H]2[C@H](NC(=O)/C(=C\Cl)c3csc(N)n3)C(=O)N12. The molecule has 0 spiro atoms. The van der Waals surface area contributed by atoms with E-state index in [0.717, 1.165) is 22.9 Å². The molecular formula is C26H26ClFN4O7S2. The number of anilines is 1. The second kappa shape index (κ2) is 12.1. The topological polar surface area (TPSA) is 161 Å². The van der Waals surface area contributed by atoms with Crippen molar-refractivity contribution >= 4 is 69.2 Å². The first kappa shape index (κ1) is 30.3. The Hall–Kier alpha value is -3.62. The minimum absolute atomic E-state index is 0.0116. The summed E-state index contributed by atoms with van der Waals surface area (Å²) < 4.78 is 24.2. The van der Waals surface area contributed by atoms with E-state index in [-0.39, 0.29) is 34.3 Å². The molecule has 0 unspecified atom stereocenters. The van der Waals surface area contributed by atoms with Crippen LogP contribution in [0.1, 0.15) is 32.0 Å². The quantitative estimate of drug-likeness (QED) is 0.172. The van der Waals surface area contributed by atoms with Gasteiger partial charge in [-0.15, -0.1) is 23.1 Å². The van der Waals surface area contributed by atoms with Gasteiger partial charge < -0.3 is 25.6 Å². The highest BCUT2D eigenvalue weighted by molar-refractivity contribution is 8.00. The molecule has 0 radical (unpaired) electrons. The Labute approximate surface area is 247 Å². The summed E-state index contributed by atoms with van der Waals surface area (Å²) in [5, 5.41) is 13.3. The van der Waals surface area contributed by atoms with Crippen LogP contribution in [0.3, 0.4) is 0 Å². The number of ether oxygens (including phenoxy) is 2. The summed E-state index contributed by atoms with van der Waals surface area (Å²) in [5.74, 6) is -3.89. The third kappa shape index (κ3) is 6.49. The number of nitrogens with one attached hydrogen (secondary N) is 1. The van der Waals surface area contributed by atoms with Crippen LogP contribution in [-0.4, -0.2) is 62.7 Å². The van der Waals surface area contributed by atoms with Crippen LogP contribution in [0.4, 0.5) is 9.52 Å². The third-order valence-electron chi connectivity index (χ3n) is 6.10. The number of halogens is 2. The smallest absolute Gasteiger partial charge is 0.357 e. The standard InChI is InChI=1S/C26H26ClFN4O7S2/c1-26(2,3)24(37)39-11-38-23(36)19-13(6-12-4-5-17(33)15(28)7-12)9-40-22-18(21(35)32(19)22)31-20(34)14(8-27)16-10-41-25(29)30-16/h4-5,7-8,10,18,22,33H,6,9,11H2,1-3H3,(H2,29,30)(H,31,34)/b14-8-/t18-,22+/m1/s1. The average Bonchev–Trinajstić information content (AvgIpc) is 3.34. The van der Waals surface area contributed by atoms with Crippen LogP contribution in [0.5, 0.6) is 5.75 Å². The van der Waals surface area contributed by atoms with E-state index in [1.165, 1.54) is 28.8 Å². The fourth-order valence-electron chi connectivity index (χ4n) is 3.99. The number of carbonyl (C=O) groups is 4. The molecule has 11 nitrogen and oxygen atoms in total. The maximum absolute atomic E-state index is 14.0. The highest BCUT2D eigenvalue weighted by atomic mass is 35.5. The van der Waals surface area contributed by atoms with Crippen LogP contribution in [0.2, 0.25) is 0 Å². The van der Waals surface area contributed by atoms with Crippen LogP contribution in [0, 0.1) is 11.2 Å². The summed E-state index contributed by atoms with van der Waals surface area (Å²) in [4.78, 5) is 56.8. The molecule has 1 aromatic heterocycles. The second-order valence-electron chi connectivity index (χ2n) is 10.1. The van der Waals surface area contributed by atoms with E-state index in [9.17, 15) is 28.7 Å². The Morgan fingerprint density at radius 1 is 1.32 bits per heavy atom. The number of phenols is 1. The molecule has 15 heteroatoms. The fraction of sp³-hybridized carbons (Fsp3) is 0.346. The highest BCUT2D eigenvalue weighted by Crippen LogP contribution is 2.42. The van der Waals surface area contributed by atoms with Gasteiger partial charge >= 0.3 is 11.9 Å². The number of hydrogen-bond donors (Lipinski definition) is 3. The number of benzene rings is 1. The van der Waals surface area contributed by atoms with E-state index < -0.39 is 58.9 Å². The number of carbonyl (C=O) groups excluding carboxylic acids is 4. The van der Waals surface area contributed by atoms with Gasteiger partial charge in [0.2, 0.25) is 6.79 Å². The zero-order chi connectivity index (χ0) is 30.1. The van der Waals surface area contributed by atoms with Crippen molar-refractivity contribution in [3.63, 3.8) is 0 Å². The maximum atomic E-state index is 14.0. The van der Waals surface area contributed by atoms with Crippen LogP contribution in [0.25, 0.3) is 5.57 Å². The number of nitrogens with zero attached hydrogens (tertiary/aromatic N) is 2. The highest BCUT2D eigenvalue weighted by Gasteiger charge is 2.54. The number of nitrogen functional groups attached to an aromatic ring is 1. The van der Waals surface area contributed by atoms with Crippen LogP contribution in [0.15, 0.2) is 40.4 Å². The summed E-state index contributed by atoms with van der Waals surface area (Å²) in [6, 6.07) is 2.80. The van der Waals surface area contributed by atoms with Crippen molar-refractivity contribution in [3.05, 3.63) is 57.5 Å². The van der Waals surface area contributed by atoms with Crippen LogP contribution in [-0.2, 0) is 35.1 Å². The normalized spacial score (nSPS) is 18.9. The van der Waals surface area contributed by atoms with Gasteiger partial charge in [-0.3, -0.25) is 19.3 Å². The molecule has 1 saturated heterocycles. The largest absolute Gasteiger partial charge is 0.505 e. The first-order valence-electron chi connectivity index (χ1n) is 12.1. The zero-order valence-electron chi connectivity index (χ0n) is 22.1. The van der Waals surface area contributed by atoms with E-state index in [0.29, 0.717) is 11.1 Å². The molecule has 4 N–H and O–H groups in total. The second-order valence-corrected chi connectivity index (χ2v) is 12.3. The van der Waals surface area contributed by atoms with Gasteiger partial charge in [0, 0.05) is 16.7 Å². The number of β-lactam (4-membered cyclic amide) rings is 1. The Balaban J connectivity index is 1.56. The van der Waals surface area contributed by atoms with Crippen molar-refractivity contribution in [2.24, 2.45) is 5.41 Å². The summed E-state index contributed by atoms with van der Waals surface area (Å²) in [5.41, 5.74) is 6.91. The van der Waals surface area contributed by atoms with Gasteiger partial charge in [0.1, 0.15) is 17.1 Å². The van der Waals surface area contributed by atoms with Crippen molar-refractivity contribution in [3.8, 4) is 5.75 Å². The van der Waals surface area contributed by atoms with E-state index in [1.54, 1.807) is 26.2 Å². The molecule has 0 bridgehead atoms. The fourth-order valence-corrected chi connectivity index (χ4v) is 6.11. The van der Waals surface area contributed by atoms with E-state index in [4.69, 9.17) is 26.8 Å². The molecule has 2 aromatic rings. The lowest BCUT2D eigenvalue weighted by molar-refractivity contribution is -0.173.